The fraction of sp³-hybridized carbons (Fsp3) is 0.531. The number of hydrogen-bond donors (Lipinski definition) is 1. The average Bonchev–Trinajstić information content (AvgIpc) is 2.91. The summed E-state index contributed by atoms with van der Waals surface area (Å²) in [5.74, 6) is 2.83. The van der Waals surface area contributed by atoms with E-state index in [9.17, 15) is 9.59 Å². The van der Waals surface area contributed by atoms with Gasteiger partial charge in [-0.05, 0) is 26.3 Å². The molecule has 0 unspecified atom stereocenters. The molecule has 0 atom stereocenters. The van der Waals surface area contributed by atoms with Crippen LogP contribution in [0.25, 0.3) is 0 Å². The number of rotatable bonds is 16. The van der Waals surface area contributed by atoms with Gasteiger partial charge in [0.25, 0.3) is 0 Å². The third-order valence-corrected chi connectivity index (χ3v) is 6.76. The molecule has 0 fully saturated rings. The predicted molar refractivity (Wildman–Crippen MR) is 149 cm³/mol. The fourth-order valence-corrected chi connectivity index (χ4v) is 4.87. The molecule has 2 heterocycles. The minimum atomic E-state index is -0.674. The first-order chi connectivity index (χ1) is 18.4. The lowest BCUT2D eigenvalue weighted by molar-refractivity contribution is -0.697. The van der Waals surface area contributed by atoms with Crippen molar-refractivity contribution in [2.24, 2.45) is 0 Å². The third kappa shape index (κ3) is 9.42. The minimum Gasteiger partial charge on any atom is -0.449 e. The van der Waals surface area contributed by atoms with Crippen LogP contribution < -0.4 is 9.88 Å². The molecule has 6 heteroatoms. The number of aryl methyl sites for hydroxylation is 1. The van der Waals surface area contributed by atoms with Gasteiger partial charge in [0.1, 0.15) is 6.54 Å². The first-order valence-electron chi connectivity index (χ1n) is 13.8. The van der Waals surface area contributed by atoms with E-state index in [1.54, 1.807) is 13.8 Å². The van der Waals surface area contributed by atoms with Gasteiger partial charge in [-0.3, -0.25) is 0 Å². The number of aromatic nitrogens is 1. The quantitative estimate of drug-likeness (QED) is 0.136. The monoisotopic (exact) mass is 519 g/mol. The smallest absolute Gasteiger partial charge is 0.337 e. The van der Waals surface area contributed by atoms with Gasteiger partial charge in [0.2, 0.25) is 0 Å². The number of dihydropyridines is 1. The van der Waals surface area contributed by atoms with E-state index in [0.717, 1.165) is 18.5 Å². The Labute approximate surface area is 228 Å². The lowest BCUT2D eigenvalue weighted by Crippen LogP contribution is -2.36. The molecule has 0 bridgehead atoms. The van der Waals surface area contributed by atoms with E-state index in [4.69, 9.17) is 22.3 Å². The molecule has 1 aromatic rings. The maximum absolute atomic E-state index is 13.1. The van der Waals surface area contributed by atoms with E-state index >= 15 is 0 Å². The van der Waals surface area contributed by atoms with E-state index in [1.165, 1.54) is 57.8 Å². The highest BCUT2D eigenvalue weighted by Crippen LogP contribution is 2.38. The standard InChI is InChI=1S/C32H42N2O4/c1-6-9-10-11-12-13-14-15-16-17-20-34-21-18-19-27(24-34)30-28(31(35)37-22-7-2)25(4)33-26(5)29(30)32(36)38-23-8-3/h2-3,18-19,21,24,30H,6,9-17,20,22-23H2,1,4-5H3/p+1. The van der Waals surface area contributed by atoms with Crippen LogP contribution >= 0.6 is 0 Å². The molecule has 0 aliphatic carbocycles. The van der Waals surface area contributed by atoms with E-state index in [0.29, 0.717) is 22.5 Å². The van der Waals surface area contributed by atoms with Crippen LogP contribution in [-0.4, -0.2) is 25.2 Å². The van der Waals surface area contributed by atoms with Crippen molar-refractivity contribution in [3.05, 3.63) is 52.6 Å². The number of terminal acetylenes is 2. The number of carbonyl (C=O) groups excluding carboxylic acids is 2. The van der Waals surface area contributed by atoms with Gasteiger partial charge in [-0.1, -0.05) is 70.1 Å². The summed E-state index contributed by atoms with van der Waals surface area (Å²) in [6.07, 6.45) is 27.4. The lowest BCUT2D eigenvalue weighted by Gasteiger charge is -2.29. The normalized spacial score (nSPS) is 13.5. The first-order valence-corrected chi connectivity index (χ1v) is 13.8. The molecular weight excluding hydrogens is 476 g/mol. The second-order valence-corrected chi connectivity index (χ2v) is 9.75. The number of pyridine rings is 1. The second kappa shape index (κ2) is 17.1. The van der Waals surface area contributed by atoms with Crippen molar-refractivity contribution in [2.75, 3.05) is 13.2 Å². The summed E-state index contributed by atoms with van der Waals surface area (Å²) in [6.45, 7) is 6.36. The van der Waals surface area contributed by atoms with Crippen molar-refractivity contribution in [1.82, 2.24) is 5.32 Å². The molecule has 0 saturated carbocycles. The number of unbranched alkanes of at least 4 members (excludes halogenated alkanes) is 9. The number of ether oxygens (including phenoxy) is 2. The lowest BCUT2D eigenvalue weighted by atomic mass is 9.81. The molecule has 1 aromatic heterocycles. The number of esters is 2. The van der Waals surface area contributed by atoms with Gasteiger partial charge >= 0.3 is 11.9 Å². The van der Waals surface area contributed by atoms with Crippen LogP contribution in [0.4, 0.5) is 0 Å². The Morgan fingerprint density at radius 1 is 0.868 bits per heavy atom. The molecule has 1 aliphatic rings. The molecule has 0 radical (unpaired) electrons. The summed E-state index contributed by atoms with van der Waals surface area (Å²) >= 11 is 0. The van der Waals surface area contributed by atoms with Crippen molar-refractivity contribution < 1.29 is 23.6 Å². The largest absolute Gasteiger partial charge is 0.449 e. The van der Waals surface area contributed by atoms with Crippen molar-refractivity contribution in [1.29, 1.82) is 0 Å². The van der Waals surface area contributed by atoms with Crippen LogP contribution in [0.1, 0.15) is 96.5 Å². The molecule has 0 aromatic carbocycles. The van der Waals surface area contributed by atoms with Crippen molar-refractivity contribution >= 4 is 11.9 Å². The highest BCUT2D eigenvalue weighted by atomic mass is 16.5. The van der Waals surface area contributed by atoms with Gasteiger partial charge in [0.05, 0.1) is 17.1 Å². The summed E-state index contributed by atoms with van der Waals surface area (Å²) in [5, 5.41) is 3.13. The molecule has 38 heavy (non-hydrogen) atoms. The summed E-state index contributed by atoms with van der Waals surface area (Å²) in [6, 6.07) is 3.85. The number of carbonyl (C=O) groups is 2. The molecule has 0 amide bonds. The Morgan fingerprint density at radius 3 is 1.87 bits per heavy atom. The van der Waals surface area contributed by atoms with Gasteiger partial charge < -0.3 is 14.8 Å². The number of nitrogens with zero attached hydrogens (tertiary/aromatic N) is 1. The van der Waals surface area contributed by atoms with Crippen LogP contribution in [0, 0.1) is 24.7 Å². The van der Waals surface area contributed by atoms with Crippen LogP contribution in [0.15, 0.2) is 47.1 Å². The average molecular weight is 520 g/mol. The summed E-state index contributed by atoms with van der Waals surface area (Å²) < 4.78 is 12.7. The Kier molecular flexibility index (Phi) is 13.8. The number of allylic oxidation sites excluding steroid dienone is 2. The highest BCUT2D eigenvalue weighted by Gasteiger charge is 2.39. The number of hydrogen-bond acceptors (Lipinski definition) is 5. The van der Waals surface area contributed by atoms with E-state index < -0.39 is 17.9 Å². The fourth-order valence-electron chi connectivity index (χ4n) is 4.87. The van der Waals surface area contributed by atoms with E-state index in [2.05, 4.69) is 28.6 Å². The van der Waals surface area contributed by atoms with Crippen LogP contribution in [-0.2, 0) is 25.6 Å². The zero-order valence-corrected chi connectivity index (χ0v) is 23.3. The van der Waals surface area contributed by atoms with Gasteiger partial charge in [-0.15, -0.1) is 12.8 Å². The van der Waals surface area contributed by atoms with Gasteiger partial charge in [0.15, 0.2) is 25.6 Å². The highest BCUT2D eigenvalue weighted by molar-refractivity contribution is 5.99. The minimum absolute atomic E-state index is 0.157. The predicted octanol–water partition coefficient (Wildman–Crippen LogP) is 5.48. The Bertz CT molecular complexity index is 1040. The molecule has 0 saturated heterocycles. The molecule has 1 aliphatic heterocycles. The first kappa shape index (κ1) is 30.7. The van der Waals surface area contributed by atoms with E-state index in [1.807, 2.05) is 24.5 Å². The molecule has 0 spiro atoms. The Balaban J connectivity index is 2.15. The summed E-state index contributed by atoms with van der Waals surface area (Å²) in [5.41, 5.74) is 2.66. The zero-order valence-electron chi connectivity index (χ0n) is 23.3. The van der Waals surface area contributed by atoms with Crippen molar-refractivity contribution in [2.45, 2.75) is 97.4 Å². The SMILES string of the molecule is C#CCOC(=O)C1=C(C)NC(C)=C(C(=O)OCC#C)C1c1ccc[n+](CCCCCCCCCCCC)c1. The van der Waals surface area contributed by atoms with Gasteiger partial charge in [0, 0.05) is 29.4 Å². The topological polar surface area (TPSA) is 68.5 Å². The second-order valence-electron chi connectivity index (χ2n) is 9.75. The van der Waals surface area contributed by atoms with Gasteiger partial charge in [-0.25, -0.2) is 14.2 Å². The summed E-state index contributed by atoms with van der Waals surface area (Å²) in [7, 11) is 0. The molecule has 204 valence electrons. The molecule has 6 nitrogen and oxygen atoms in total. The van der Waals surface area contributed by atoms with Crippen LogP contribution in [0.3, 0.4) is 0 Å². The van der Waals surface area contributed by atoms with Crippen molar-refractivity contribution in [3.63, 3.8) is 0 Å². The van der Waals surface area contributed by atoms with Crippen LogP contribution in [0.2, 0.25) is 0 Å². The van der Waals surface area contributed by atoms with Gasteiger partial charge in [-0.2, -0.15) is 0 Å². The Morgan fingerprint density at radius 2 is 1.37 bits per heavy atom. The Hall–Kier alpha value is -3.51. The van der Waals surface area contributed by atoms with Crippen molar-refractivity contribution in [3.8, 4) is 24.7 Å². The third-order valence-electron chi connectivity index (χ3n) is 6.76. The maximum atomic E-state index is 13.1. The molecule has 2 rings (SSSR count). The number of nitrogens with one attached hydrogen (secondary N) is 1. The zero-order chi connectivity index (χ0) is 27.8. The van der Waals surface area contributed by atoms with Crippen LogP contribution in [0.5, 0.6) is 0 Å². The van der Waals surface area contributed by atoms with E-state index in [-0.39, 0.29) is 13.2 Å². The maximum Gasteiger partial charge on any atom is 0.337 e. The summed E-state index contributed by atoms with van der Waals surface area (Å²) in [4.78, 5) is 26.1. The molecule has 1 N–H and O–H groups in total. The molecular formula is C32H43N2O4+.